The zero-order valence-corrected chi connectivity index (χ0v) is 10.1. The van der Waals surface area contributed by atoms with Crippen molar-refractivity contribution in [3.63, 3.8) is 0 Å². The molecule has 1 aromatic rings. The molecule has 1 aromatic carbocycles. The van der Waals surface area contributed by atoms with Gasteiger partial charge in [-0.1, -0.05) is 0 Å². The molecule has 0 aliphatic carbocycles. The van der Waals surface area contributed by atoms with Crippen LogP contribution in [0.25, 0.3) is 0 Å². The Morgan fingerprint density at radius 3 is 2.64 bits per heavy atom. The standard InChI is InChI=1S/C10H12INO2/c1-12(11)8-2-4-9(5-3-8)13-6-10-7-14-10/h2-5,10H,6-7H2,1H3. The highest BCUT2D eigenvalue weighted by molar-refractivity contribution is 14.1. The topological polar surface area (TPSA) is 25.0 Å². The van der Waals surface area contributed by atoms with Gasteiger partial charge in [-0.15, -0.1) is 0 Å². The number of rotatable bonds is 4. The van der Waals surface area contributed by atoms with Gasteiger partial charge in [0.05, 0.1) is 29.5 Å². The van der Waals surface area contributed by atoms with Crippen LogP contribution >= 0.6 is 22.9 Å². The summed E-state index contributed by atoms with van der Waals surface area (Å²) in [5.74, 6) is 0.905. The average molecular weight is 305 g/mol. The molecule has 1 fully saturated rings. The number of hydrogen-bond acceptors (Lipinski definition) is 3. The first-order valence-corrected chi connectivity index (χ1v) is 5.46. The van der Waals surface area contributed by atoms with Gasteiger partial charge >= 0.3 is 0 Å². The number of benzene rings is 1. The summed E-state index contributed by atoms with van der Waals surface area (Å²) >= 11 is 2.23. The molecule has 4 heteroatoms. The van der Waals surface area contributed by atoms with Gasteiger partial charge in [0.25, 0.3) is 0 Å². The highest BCUT2D eigenvalue weighted by Crippen LogP contribution is 2.21. The summed E-state index contributed by atoms with van der Waals surface area (Å²) in [6.45, 7) is 1.51. The molecule has 1 aliphatic heterocycles. The van der Waals surface area contributed by atoms with E-state index >= 15 is 0 Å². The molecular weight excluding hydrogens is 293 g/mol. The molecule has 0 aromatic heterocycles. The van der Waals surface area contributed by atoms with Gasteiger partial charge in [0.1, 0.15) is 18.5 Å². The van der Waals surface area contributed by atoms with E-state index in [0.29, 0.717) is 12.7 Å². The number of epoxide rings is 1. The van der Waals surface area contributed by atoms with Gasteiger partial charge in [0, 0.05) is 12.7 Å². The van der Waals surface area contributed by atoms with E-state index in [4.69, 9.17) is 9.47 Å². The summed E-state index contributed by atoms with van der Waals surface area (Å²) in [6.07, 6.45) is 0.321. The molecule has 3 nitrogen and oxygen atoms in total. The van der Waals surface area contributed by atoms with E-state index in [1.807, 2.05) is 34.4 Å². The van der Waals surface area contributed by atoms with Gasteiger partial charge in [0.15, 0.2) is 0 Å². The van der Waals surface area contributed by atoms with Crippen LogP contribution in [0.4, 0.5) is 5.69 Å². The second kappa shape index (κ2) is 4.35. The van der Waals surface area contributed by atoms with Crippen molar-refractivity contribution >= 4 is 28.6 Å². The summed E-state index contributed by atoms with van der Waals surface area (Å²) in [4.78, 5) is 0. The average Bonchev–Trinajstić information content (AvgIpc) is 2.99. The van der Waals surface area contributed by atoms with E-state index in [9.17, 15) is 0 Å². The van der Waals surface area contributed by atoms with E-state index in [2.05, 4.69) is 22.9 Å². The molecule has 0 amide bonds. The first kappa shape index (κ1) is 10.0. The van der Waals surface area contributed by atoms with Crippen LogP contribution in [0.1, 0.15) is 0 Å². The van der Waals surface area contributed by atoms with Crippen LogP contribution < -0.4 is 7.85 Å². The number of ether oxygens (including phenoxy) is 2. The molecule has 1 atom stereocenters. The lowest BCUT2D eigenvalue weighted by Crippen LogP contribution is -2.04. The number of hydrogen-bond donors (Lipinski definition) is 0. The Kier molecular flexibility index (Phi) is 3.12. The third kappa shape index (κ3) is 2.75. The second-order valence-corrected chi connectivity index (χ2v) is 4.68. The Labute approximate surface area is 97.5 Å². The summed E-state index contributed by atoms with van der Waals surface area (Å²) < 4.78 is 12.6. The van der Waals surface area contributed by atoms with Crippen LogP contribution in [0.3, 0.4) is 0 Å². The van der Waals surface area contributed by atoms with Crippen LogP contribution in [0, 0.1) is 0 Å². The Morgan fingerprint density at radius 1 is 1.50 bits per heavy atom. The van der Waals surface area contributed by atoms with Crippen molar-refractivity contribution in [3.05, 3.63) is 24.3 Å². The first-order valence-electron chi connectivity index (χ1n) is 4.49. The summed E-state index contributed by atoms with van der Waals surface area (Å²) in [5.41, 5.74) is 1.17. The Hall–Kier alpha value is -0.490. The van der Waals surface area contributed by atoms with Crippen LogP contribution in [0.2, 0.25) is 0 Å². The first-order chi connectivity index (χ1) is 6.75. The molecule has 0 saturated carbocycles. The maximum Gasteiger partial charge on any atom is 0.119 e. The summed E-state index contributed by atoms with van der Waals surface area (Å²) in [5, 5.41) is 0. The van der Waals surface area contributed by atoms with E-state index in [1.54, 1.807) is 0 Å². The number of halogens is 1. The smallest absolute Gasteiger partial charge is 0.119 e. The molecule has 0 N–H and O–H groups in total. The van der Waals surface area contributed by atoms with E-state index in [-0.39, 0.29) is 0 Å². The molecular formula is C10H12INO2. The molecule has 2 rings (SSSR count). The van der Waals surface area contributed by atoms with E-state index < -0.39 is 0 Å². The molecule has 1 aliphatic rings. The monoisotopic (exact) mass is 305 g/mol. The second-order valence-electron chi connectivity index (χ2n) is 3.24. The van der Waals surface area contributed by atoms with Crippen molar-refractivity contribution in [3.8, 4) is 5.75 Å². The molecule has 14 heavy (non-hydrogen) atoms. The van der Waals surface area contributed by atoms with Crippen molar-refractivity contribution in [1.29, 1.82) is 0 Å². The molecule has 0 radical (unpaired) electrons. The van der Waals surface area contributed by atoms with Crippen molar-refractivity contribution < 1.29 is 9.47 Å². The number of nitrogens with zero attached hydrogens (tertiary/aromatic N) is 1. The molecule has 0 bridgehead atoms. The minimum Gasteiger partial charge on any atom is -0.491 e. The third-order valence-corrected chi connectivity index (χ3v) is 2.59. The molecule has 0 spiro atoms. The summed E-state index contributed by atoms with van der Waals surface area (Å²) in [7, 11) is 2.01. The lowest BCUT2D eigenvalue weighted by Gasteiger charge is -2.10. The molecule has 76 valence electrons. The molecule has 1 unspecified atom stereocenters. The minimum atomic E-state index is 0.321. The van der Waals surface area contributed by atoms with Crippen LogP contribution in [-0.2, 0) is 4.74 Å². The van der Waals surface area contributed by atoms with Gasteiger partial charge < -0.3 is 12.6 Å². The lowest BCUT2D eigenvalue weighted by molar-refractivity contribution is 0.263. The highest BCUT2D eigenvalue weighted by atomic mass is 127. The van der Waals surface area contributed by atoms with E-state index in [1.165, 1.54) is 5.69 Å². The van der Waals surface area contributed by atoms with Crippen molar-refractivity contribution in [2.75, 3.05) is 23.4 Å². The fraction of sp³-hybridized carbons (Fsp3) is 0.400. The zero-order chi connectivity index (χ0) is 9.97. The third-order valence-electron chi connectivity index (χ3n) is 2.03. The fourth-order valence-electron chi connectivity index (χ4n) is 1.10. The van der Waals surface area contributed by atoms with Crippen LogP contribution in [-0.4, -0.2) is 26.4 Å². The van der Waals surface area contributed by atoms with Crippen LogP contribution in [0.15, 0.2) is 24.3 Å². The van der Waals surface area contributed by atoms with E-state index in [0.717, 1.165) is 12.4 Å². The largest absolute Gasteiger partial charge is 0.491 e. The van der Waals surface area contributed by atoms with Crippen molar-refractivity contribution in [1.82, 2.24) is 0 Å². The fourth-order valence-corrected chi connectivity index (χ4v) is 1.42. The molecule has 1 saturated heterocycles. The maximum atomic E-state index is 5.52. The number of anilines is 1. The summed E-state index contributed by atoms with van der Waals surface area (Å²) in [6, 6.07) is 8.03. The van der Waals surface area contributed by atoms with Gasteiger partial charge in [-0.3, -0.25) is 0 Å². The SMILES string of the molecule is CN(I)c1ccc(OCC2CO2)cc1. The molecule has 1 heterocycles. The zero-order valence-electron chi connectivity index (χ0n) is 7.94. The Balaban J connectivity index is 1.91. The predicted molar refractivity (Wildman–Crippen MR) is 64.1 cm³/mol. The highest BCUT2D eigenvalue weighted by Gasteiger charge is 2.22. The normalized spacial score (nSPS) is 19.1. The quantitative estimate of drug-likeness (QED) is 0.484. The predicted octanol–water partition coefficient (Wildman–Crippen LogP) is 2.25. The van der Waals surface area contributed by atoms with Gasteiger partial charge in [-0.2, -0.15) is 0 Å². The Morgan fingerprint density at radius 2 is 2.14 bits per heavy atom. The van der Waals surface area contributed by atoms with Gasteiger partial charge in [0.2, 0.25) is 0 Å². The minimum absolute atomic E-state index is 0.321. The van der Waals surface area contributed by atoms with Crippen molar-refractivity contribution in [2.24, 2.45) is 0 Å². The lowest BCUT2D eigenvalue weighted by atomic mass is 10.3. The van der Waals surface area contributed by atoms with Crippen molar-refractivity contribution in [2.45, 2.75) is 6.10 Å². The Bertz CT molecular complexity index is 295. The van der Waals surface area contributed by atoms with Gasteiger partial charge in [-0.05, 0) is 24.3 Å². The maximum absolute atomic E-state index is 5.52. The van der Waals surface area contributed by atoms with Crippen LogP contribution in [0.5, 0.6) is 5.75 Å². The van der Waals surface area contributed by atoms with Gasteiger partial charge in [-0.25, -0.2) is 0 Å².